The Labute approximate surface area is 107 Å². The number of rotatable bonds is 3. The summed E-state index contributed by atoms with van der Waals surface area (Å²) in [5.74, 6) is 0. The summed E-state index contributed by atoms with van der Waals surface area (Å²) in [7, 11) is 0. The molecule has 0 bridgehead atoms. The minimum absolute atomic E-state index is 0.663. The molecule has 0 saturated heterocycles. The van der Waals surface area contributed by atoms with E-state index in [0.29, 0.717) is 4.64 Å². The summed E-state index contributed by atoms with van der Waals surface area (Å²) in [4.78, 5) is 7.24. The molecule has 0 fully saturated rings. The van der Waals surface area contributed by atoms with E-state index in [-0.39, 0.29) is 0 Å². The summed E-state index contributed by atoms with van der Waals surface area (Å²) in [6.07, 6.45) is 3.96. The molecule has 0 radical (unpaired) electrons. The van der Waals surface area contributed by atoms with Crippen LogP contribution in [-0.2, 0) is 6.42 Å². The largest absolute Gasteiger partial charge is 0.346 e. The van der Waals surface area contributed by atoms with Gasteiger partial charge >= 0.3 is 0 Å². The lowest BCUT2D eigenvalue weighted by molar-refractivity contribution is 0.922. The Balaban J connectivity index is 2.40. The van der Waals surface area contributed by atoms with Gasteiger partial charge in [-0.25, -0.2) is 4.98 Å². The Bertz CT molecular complexity index is 555. The first kappa shape index (κ1) is 12.0. The number of aromatic amines is 1. The van der Waals surface area contributed by atoms with Gasteiger partial charge in [-0.3, -0.25) is 0 Å². The van der Waals surface area contributed by atoms with Crippen molar-refractivity contribution >= 4 is 12.2 Å². The van der Waals surface area contributed by atoms with Gasteiger partial charge in [0.1, 0.15) is 4.64 Å². The minimum atomic E-state index is 0.663. The van der Waals surface area contributed by atoms with E-state index in [1.807, 2.05) is 6.92 Å². The third-order valence-corrected chi connectivity index (χ3v) is 3.28. The quantitative estimate of drug-likeness (QED) is 0.825. The molecule has 0 amide bonds. The molecule has 17 heavy (non-hydrogen) atoms. The molecule has 0 spiro atoms. The normalized spacial score (nSPS) is 10.5. The Morgan fingerprint density at radius 3 is 2.59 bits per heavy atom. The first-order valence-electron chi connectivity index (χ1n) is 5.86. The maximum atomic E-state index is 5.18. The molecule has 0 aliphatic carbocycles. The van der Waals surface area contributed by atoms with E-state index in [9.17, 15) is 0 Å². The van der Waals surface area contributed by atoms with E-state index < -0.39 is 0 Å². The molecule has 1 N–H and O–H groups in total. The highest BCUT2D eigenvalue weighted by atomic mass is 32.1. The average molecular weight is 244 g/mol. The third-order valence-electron chi connectivity index (χ3n) is 2.87. The number of aromatic nitrogens is 2. The summed E-state index contributed by atoms with van der Waals surface area (Å²) >= 11 is 5.18. The number of hydrogen-bond donors (Lipinski definition) is 1. The van der Waals surface area contributed by atoms with Gasteiger partial charge in [0, 0.05) is 5.56 Å². The molecule has 2 rings (SSSR count). The van der Waals surface area contributed by atoms with Crippen molar-refractivity contribution in [1.29, 1.82) is 0 Å². The third kappa shape index (κ3) is 2.61. The fourth-order valence-electron chi connectivity index (χ4n) is 1.89. The van der Waals surface area contributed by atoms with Gasteiger partial charge in [-0.15, -0.1) is 0 Å². The van der Waals surface area contributed by atoms with Crippen molar-refractivity contribution in [1.82, 2.24) is 9.97 Å². The fraction of sp³-hybridized carbons (Fsp3) is 0.286. The Morgan fingerprint density at radius 2 is 1.94 bits per heavy atom. The van der Waals surface area contributed by atoms with Crippen molar-refractivity contribution in [2.75, 3.05) is 0 Å². The molecule has 0 atom stereocenters. The molecule has 0 aliphatic rings. The van der Waals surface area contributed by atoms with Crippen LogP contribution in [0.25, 0.3) is 11.3 Å². The predicted molar refractivity (Wildman–Crippen MR) is 73.6 cm³/mol. The molecular formula is C14H16N2S. The molecule has 2 aromatic rings. The maximum Gasteiger partial charge on any atom is 0.132 e. The highest BCUT2D eigenvalue weighted by Gasteiger charge is 2.03. The zero-order valence-corrected chi connectivity index (χ0v) is 11.0. The molecule has 88 valence electrons. The van der Waals surface area contributed by atoms with E-state index >= 15 is 0 Å². The lowest BCUT2D eigenvalue weighted by atomic mass is 10.0. The van der Waals surface area contributed by atoms with Gasteiger partial charge in [0.25, 0.3) is 0 Å². The molecule has 0 saturated carbocycles. The summed E-state index contributed by atoms with van der Waals surface area (Å²) in [5.41, 5.74) is 4.64. The summed E-state index contributed by atoms with van der Waals surface area (Å²) in [6, 6.07) is 8.63. The number of H-pyrrole nitrogens is 1. The van der Waals surface area contributed by atoms with Crippen molar-refractivity contribution in [2.45, 2.75) is 26.7 Å². The highest BCUT2D eigenvalue weighted by molar-refractivity contribution is 7.71. The SMILES string of the molecule is CCCc1ccc(-c2[nH]cnc(=S)c2C)cc1. The molecular weight excluding hydrogens is 228 g/mol. The van der Waals surface area contributed by atoms with Gasteiger partial charge in [0.2, 0.25) is 0 Å². The number of nitrogens with one attached hydrogen (secondary N) is 1. The molecule has 0 aliphatic heterocycles. The molecule has 1 aromatic heterocycles. The molecule has 1 heterocycles. The number of aryl methyl sites for hydroxylation is 1. The van der Waals surface area contributed by atoms with Crippen molar-refractivity contribution in [3.63, 3.8) is 0 Å². The zero-order valence-electron chi connectivity index (χ0n) is 10.2. The van der Waals surface area contributed by atoms with Gasteiger partial charge in [0.15, 0.2) is 0 Å². The Hall–Kier alpha value is -1.48. The van der Waals surface area contributed by atoms with E-state index in [1.165, 1.54) is 12.0 Å². The summed E-state index contributed by atoms with van der Waals surface area (Å²) in [6.45, 7) is 4.19. The van der Waals surface area contributed by atoms with E-state index in [0.717, 1.165) is 23.2 Å². The van der Waals surface area contributed by atoms with Crippen molar-refractivity contribution < 1.29 is 0 Å². The van der Waals surface area contributed by atoms with Gasteiger partial charge < -0.3 is 4.98 Å². The first-order chi connectivity index (χ1) is 8.22. The predicted octanol–water partition coefficient (Wildman–Crippen LogP) is 4.07. The monoisotopic (exact) mass is 244 g/mol. The highest BCUT2D eigenvalue weighted by Crippen LogP contribution is 2.21. The Morgan fingerprint density at radius 1 is 1.24 bits per heavy atom. The smallest absolute Gasteiger partial charge is 0.132 e. The van der Waals surface area contributed by atoms with Crippen LogP contribution in [0.2, 0.25) is 0 Å². The molecule has 1 aromatic carbocycles. The second kappa shape index (κ2) is 5.23. The number of hydrogen-bond acceptors (Lipinski definition) is 2. The number of benzene rings is 1. The lowest BCUT2D eigenvalue weighted by Crippen LogP contribution is -1.92. The second-order valence-electron chi connectivity index (χ2n) is 4.15. The van der Waals surface area contributed by atoms with E-state index in [4.69, 9.17) is 12.2 Å². The van der Waals surface area contributed by atoms with Crippen LogP contribution in [0.15, 0.2) is 30.6 Å². The Kier molecular flexibility index (Phi) is 3.69. The molecule has 2 nitrogen and oxygen atoms in total. The summed E-state index contributed by atoms with van der Waals surface area (Å²) < 4.78 is 0.663. The zero-order chi connectivity index (χ0) is 12.3. The first-order valence-corrected chi connectivity index (χ1v) is 6.26. The van der Waals surface area contributed by atoms with Crippen LogP contribution >= 0.6 is 12.2 Å². The van der Waals surface area contributed by atoms with Gasteiger partial charge in [0.05, 0.1) is 12.0 Å². The lowest BCUT2D eigenvalue weighted by Gasteiger charge is -2.06. The second-order valence-corrected chi connectivity index (χ2v) is 4.54. The standard InChI is InChI=1S/C14H16N2S/c1-3-4-11-5-7-12(8-6-11)13-10(2)14(17)16-9-15-13/h5-9H,3-4H2,1-2H3,(H,15,16,17). The van der Waals surface area contributed by atoms with Crippen LogP contribution in [0.3, 0.4) is 0 Å². The van der Waals surface area contributed by atoms with Crippen LogP contribution in [0.4, 0.5) is 0 Å². The van der Waals surface area contributed by atoms with Crippen LogP contribution in [0.1, 0.15) is 24.5 Å². The topological polar surface area (TPSA) is 28.7 Å². The minimum Gasteiger partial charge on any atom is -0.346 e. The van der Waals surface area contributed by atoms with E-state index in [2.05, 4.69) is 41.2 Å². The van der Waals surface area contributed by atoms with Gasteiger partial charge in [-0.2, -0.15) is 0 Å². The van der Waals surface area contributed by atoms with Crippen LogP contribution in [-0.4, -0.2) is 9.97 Å². The average Bonchev–Trinajstić information content (AvgIpc) is 2.34. The van der Waals surface area contributed by atoms with Crippen molar-refractivity contribution in [3.05, 3.63) is 46.4 Å². The molecule has 3 heteroatoms. The summed E-state index contributed by atoms with van der Waals surface area (Å²) in [5, 5.41) is 0. The maximum absolute atomic E-state index is 5.18. The van der Waals surface area contributed by atoms with Crippen molar-refractivity contribution in [3.8, 4) is 11.3 Å². The number of nitrogens with zero attached hydrogens (tertiary/aromatic N) is 1. The van der Waals surface area contributed by atoms with E-state index in [1.54, 1.807) is 6.33 Å². The van der Waals surface area contributed by atoms with Gasteiger partial charge in [-0.05, 0) is 24.5 Å². The van der Waals surface area contributed by atoms with Crippen LogP contribution in [0, 0.1) is 11.6 Å². The van der Waals surface area contributed by atoms with Gasteiger partial charge in [-0.1, -0.05) is 49.8 Å². The van der Waals surface area contributed by atoms with Crippen molar-refractivity contribution in [2.24, 2.45) is 0 Å². The molecule has 0 unspecified atom stereocenters. The fourth-order valence-corrected chi connectivity index (χ4v) is 2.05. The van der Waals surface area contributed by atoms with Crippen LogP contribution < -0.4 is 0 Å². The van der Waals surface area contributed by atoms with Crippen LogP contribution in [0.5, 0.6) is 0 Å².